The molecule has 0 aliphatic rings. The number of methoxy groups -OCH3 is 2. The zero-order valence-electron chi connectivity index (χ0n) is 11.8. The summed E-state index contributed by atoms with van der Waals surface area (Å²) in [5.41, 5.74) is 0.855. The minimum Gasteiger partial charge on any atom is -0.497 e. The summed E-state index contributed by atoms with van der Waals surface area (Å²) in [6.07, 6.45) is 0. The Bertz CT molecular complexity index is 623. The first kappa shape index (κ1) is 14.8. The molecule has 0 N–H and O–H groups in total. The third-order valence-corrected chi connectivity index (χ3v) is 2.93. The molecular formula is C16H15FO4. The molecule has 0 aliphatic carbocycles. The van der Waals surface area contributed by atoms with Gasteiger partial charge in [0, 0.05) is 11.6 Å². The van der Waals surface area contributed by atoms with Crippen molar-refractivity contribution in [3.63, 3.8) is 0 Å². The number of halogens is 1. The number of hydrogen-bond donors (Lipinski definition) is 0. The lowest BCUT2D eigenvalue weighted by Crippen LogP contribution is -2.02. The third-order valence-electron chi connectivity index (χ3n) is 2.93. The van der Waals surface area contributed by atoms with Gasteiger partial charge in [0.25, 0.3) is 0 Å². The van der Waals surface area contributed by atoms with Gasteiger partial charge in [0.1, 0.15) is 23.9 Å². The molecule has 21 heavy (non-hydrogen) atoms. The molecule has 0 saturated heterocycles. The number of benzene rings is 2. The lowest BCUT2D eigenvalue weighted by Gasteiger charge is -2.08. The minimum atomic E-state index is -0.414. The van der Waals surface area contributed by atoms with Gasteiger partial charge in [-0.2, -0.15) is 0 Å². The van der Waals surface area contributed by atoms with Crippen LogP contribution in [0.4, 0.5) is 4.39 Å². The van der Waals surface area contributed by atoms with Crippen molar-refractivity contribution in [2.45, 2.75) is 6.61 Å². The predicted molar refractivity (Wildman–Crippen MR) is 75.1 cm³/mol. The minimum absolute atomic E-state index is 0.0907. The van der Waals surface area contributed by atoms with Crippen molar-refractivity contribution in [3.05, 3.63) is 59.4 Å². The molecule has 0 fully saturated rings. The highest BCUT2D eigenvalue weighted by atomic mass is 19.1. The summed E-state index contributed by atoms with van der Waals surface area (Å²) in [6, 6.07) is 11.0. The second kappa shape index (κ2) is 6.74. The molecule has 4 nitrogen and oxygen atoms in total. The highest BCUT2D eigenvalue weighted by molar-refractivity contribution is 5.89. The third kappa shape index (κ3) is 3.72. The fourth-order valence-electron chi connectivity index (χ4n) is 1.74. The number of carbonyl (C=O) groups is 1. The van der Waals surface area contributed by atoms with Crippen LogP contribution in [0.1, 0.15) is 15.9 Å². The van der Waals surface area contributed by atoms with Gasteiger partial charge in [-0.3, -0.25) is 0 Å². The van der Waals surface area contributed by atoms with Crippen molar-refractivity contribution in [3.8, 4) is 11.5 Å². The van der Waals surface area contributed by atoms with Gasteiger partial charge in [0.15, 0.2) is 0 Å². The molecule has 0 spiro atoms. The van der Waals surface area contributed by atoms with E-state index in [1.807, 2.05) is 0 Å². The second-order valence-electron chi connectivity index (χ2n) is 4.26. The standard InChI is InChI=1S/C16H15FO4/c1-19-14-8-5-12(15(17)9-14)10-21-13-6-3-11(4-7-13)16(18)20-2/h3-9H,10H2,1-2H3. The first-order valence-corrected chi connectivity index (χ1v) is 6.27. The van der Waals surface area contributed by atoms with Crippen molar-refractivity contribution in [2.24, 2.45) is 0 Å². The van der Waals surface area contributed by atoms with Gasteiger partial charge in [-0.05, 0) is 36.4 Å². The van der Waals surface area contributed by atoms with Crippen LogP contribution in [0.3, 0.4) is 0 Å². The molecule has 0 aliphatic heterocycles. The topological polar surface area (TPSA) is 44.8 Å². The van der Waals surface area contributed by atoms with Gasteiger partial charge < -0.3 is 14.2 Å². The van der Waals surface area contributed by atoms with Crippen molar-refractivity contribution in [2.75, 3.05) is 14.2 Å². The highest BCUT2D eigenvalue weighted by Crippen LogP contribution is 2.19. The summed E-state index contributed by atoms with van der Waals surface area (Å²) in [5.74, 6) is 0.194. The Morgan fingerprint density at radius 3 is 2.29 bits per heavy atom. The van der Waals surface area contributed by atoms with Crippen LogP contribution >= 0.6 is 0 Å². The molecule has 2 aromatic rings. The zero-order chi connectivity index (χ0) is 15.2. The largest absolute Gasteiger partial charge is 0.497 e. The van der Waals surface area contributed by atoms with Crippen molar-refractivity contribution >= 4 is 5.97 Å². The Kier molecular flexibility index (Phi) is 4.77. The maximum Gasteiger partial charge on any atom is 0.337 e. The van der Waals surface area contributed by atoms with Crippen LogP contribution in [0.5, 0.6) is 11.5 Å². The Balaban J connectivity index is 2.01. The van der Waals surface area contributed by atoms with Gasteiger partial charge in [-0.15, -0.1) is 0 Å². The normalized spacial score (nSPS) is 10.0. The van der Waals surface area contributed by atoms with E-state index in [4.69, 9.17) is 9.47 Å². The van der Waals surface area contributed by atoms with E-state index in [2.05, 4.69) is 4.74 Å². The SMILES string of the molecule is COC(=O)c1ccc(OCc2ccc(OC)cc2F)cc1. The van der Waals surface area contributed by atoms with Gasteiger partial charge in [-0.1, -0.05) is 0 Å². The molecule has 0 aromatic heterocycles. The quantitative estimate of drug-likeness (QED) is 0.793. The van der Waals surface area contributed by atoms with E-state index in [9.17, 15) is 9.18 Å². The van der Waals surface area contributed by atoms with E-state index in [1.54, 1.807) is 36.4 Å². The number of rotatable bonds is 5. The zero-order valence-corrected chi connectivity index (χ0v) is 11.8. The summed E-state index contributed by atoms with van der Waals surface area (Å²) in [7, 11) is 2.80. The van der Waals surface area contributed by atoms with Crippen LogP contribution in [0.25, 0.3) is 0 Å². The Morgan fingerprint density at radius 2 is 1.71 bits per heavy atom. The van der Waals surface area contributed by atoms with E-state index in [1.165, 1.54) is 20.3 Å². The van der Waals surface area contributed by atoms with Crippen molar-refractivity contribution < 1.29 is 23.4 Å². The van der Waals surface area contributed by atoms with Gasteiger partial charge >= 0.3 is 5.97 Å². The molecule has 0 saturated carbocycles. The summed E-state index contributed by atoms with van der Waals surface area (Å²) in [4.78, 5) is 11.3. The second-order valence-corrected chi connectivity index (χ2v) is 4.26. The average Bonchev–Trinajstić information content (AvgIpc) is 2.53. The van der Waals surface area contributed by atoms with Gasteiger partial charge in [0.2, 0.25) is 0 Å². The maximum absolute atomic E-state index is 13.7. The summed E-state index contributed by atoms with van der Waals surface area (Å²) >= 11 is 0. The molecule has 0 radical (unpaired) electrons. The summed E-state index contributed by atoms with van der Waals surface area (Å²) in [6.45, 7) is 0.0907. The maximum atomic E-state index is 13.7. The van der Waals surface area contributed by atoms with Crippen LogP contribution in [0, 0.1) is 5.82 Å². The van der Waals surface area contributed by atoms with Crippen LogP contribution in [0.15, 0.2) is 42.5 Å². The monoisotopic (exact) mass is 290 g/mol. The Hall–Kier alpha value is -2.56. The van der Waals surface area contributed by atoms with E-state index in [-0.39, 0.29) is 12.4 Å². The van der Waals surface area contributed by atoms with Crippen LogP contribution in [0.2, 0.25) is 0 Å². The van der Waals surface area contributed by atoms with Crippen molar-refractivity contribution in [1.29, 1.82) is 0 Å². The van der Waals surface area contributed by atoms with Crippen molar-refractivity contribution in [1.82, 2.24) is 0 Å². The Morgan fingerprint density at radius 1 is 1.05 bits per heavy atom. The molecule has 0 bridgehead atoms. The van der Waals surface area contributed by atoms with Gasteiger partial charge in [0.05, 0.1) is 19.8 Å². The molecule has 0 heterocycles. The fraction of sp³-hybridized carbons (Fsp3) is 0.188. The smallest absolute Gasteiger partial charge is 0.337 e. The molecule has 2 aromatic carbocycles. The first-order valence-electron chi connectivity index (χ1n) is 6.27. The molecule has 5 heteroatoms. The summed E-state index contributed by atoms with van der Waals surface area (Å²) in [5, 5.41) is 0. The number of hydrogen-bond acceptors (Lipinski definition) is 4. The van der Waals surface area contributed by atoms with Crippen LogP contribution in [-0.2, 0) is 11.3 Å². The number of ether oxygens (including phenoxy) is 3. The van der Waals surface area contributed by atoms with E-state index in [0.717, 1.165) is 0 Å². The van der Waals surface area contributed by atoms with Crippen LogP contribution < -0.4 is 9.47 Å². The van der Waals surface area contributed by atoms with E-state index < -0.39 is 5.97 Å². The average molecular weight is 290 g/mol. The number of esters is 1. The molecule has 110 valence electrons. The lowest BCUT2D eigenvalue weighted by atomic mass is 10.2. The summed E-state index contributed by atoms with van der Waals surface area (Å²) < 4.78 is 28.8. The van der Waals surface area contributed by atoms with Crippen LogP contribution in [-0.4, -0.2) is 20.2 Å². The molecular weight excluding hydrogens is 275 g/mol. The molecule has 0 atom stereocenters. The first-order chi connectivity index (χ1) is 10.1. The van der Waals surface area contributed by atoms with E-state index in [0.29, 0.717) is 22.6 Å². The number of carbonyl (C=O) groups excluding carboxylic acids is 1. The molecule has 2 rings (SSSR count). The molecule has 0 unspecified atom stereocenters. The Labute approximate surface area is 122 Å². The van der Waals surface area contributed by atoms with E-state index >= 15 is 0 Å². The lowest BCUT2D eigenvalue weighted by molar-refractivity contribution is 0.0600. The predicted octanol–water partition coefficient (Wildman–Crippen LogP) is 3.20. The van der Waals surface area contributed by atoms with Gasteiger partial charge in [-0.25, -0.2) is 9.18 Å². The fourth-order valence-corrected chi connectivity index (χ4v) is 1.74. The molecule has 0 amide bonds. The highest BCUT2D eigenvalue weighted by Gasteiger charge is 2.07.